The van der Waals surface area contributed by atoms with Crippen LogP contribution in [0.25, 0.3) is 0 Å². The van der Waals surface area contributed by atoms with Gasteiger partial charge in [0.05, 0.1) is 12.2 Å². The summed E-state index contributed by atoms with van der Waals surface area (Å²) in [5.74, 6) is -1.74. The molecule has 2 saturated carbocycles. The van der Waals surface area contributed by atoms with E-state index < -0.39 is 35.5 Å². The Morgan fingerprint density at radius 1 is 0.489 bits per heavy atom. The van der Waals surface area contributed by atoms with Gasteiger partial charge >= 0.3 is 0 Å². The molecule has 0 saturated heterocycles. The van der Waals surface area contributed by atoms with Crippen LogP contribution in [0.1, 0.15) is 178 Å². The summed E-state index contributed by atoms with van der Waals surface area (Å²) in [4.78, 5) is 0. The summed E-state index contributed by atoms with van der Waals surface area (Å²) in [6, 6.07) is 8.30. The summed E-state index contributed by atoms with van der Waals surface area (Å²) in [5.41, 5.74) is 1.29. The molecule has 2 aromatic rings. The molecule has 264 valence electrons. The molecule has 2 aromatic carbocycles. The first-order valence-electron chi connectivity index (χ1n) is 19.4. The first kappa shape index (κ1) is 37.9. The smallest absolute Gasteiger partial charge is 0.159 e. The van der Waals surface area contributed by atoms with Crippen molar-refractivity contribution in [1.82, 2.24) is 0 Å². The summed E-state index contributed by atoms with van der Waals surface area (Å²) in [6.45, 7) is 4.50. The topological polar surface area (TPSA) is 9.23 Å². The van der Waals surface area contributed by atoms with Crippen LogP contribution in [-0.4, -0.2) is 0 Å². The summed E-state index contributed by atoms with van der Waals surface area (Å²) < 4.78 is 64.5. The summed E-state index contributed by atoms with van der Waals surface area (Å²) in [7, 11) is 0. The summed E-state index contributed by atoms with van der Waals surface area (Å²) in [6.07, 6.45) is 25.6. The Balaban J connectivity index is 1.45. The van der Waals surface area contributed by atoms with Crippen molar-refractivity contribution in [3.8, 4) is 0 Å². The molecule has 2 fully saturated rings. The molecule has 0 spiro atoms. The Hall–Kier alpha value is -1.88. The molecular weight excluding hydrogens is 596 g/mol. The van der Waals surface area contributed by atoms with Crippen molar-refractivity contribution in [3.05, 3.63) is 70.8 Å². The molecule has 2 atom stereocenters. The van der Waals surface area contributed by atoms with Gasteiger partial charge in [0, 0.05) is 0 Å². The molecule has 5 heteroatoms. The molecule has 0 heterocycles. The van der Waals surface area contributed by atoms with Gasteiger partial charge in [-0.1, -0.05) is 142 Å². The third kappa shape index (κ3) is 12.2. The van der Waals surface area contributed by atoms with E-state index in [0.29, 0.717) is 23.0 Å². The monoisotopic (exact) mass is 658 g/mol. The Labute approximate surface area is 283 Å². The van der Waals surface area contributed by atoms with Gasteiger partial charge in [-0.05, 0) is 84.7 Å². The first-order chi connectivity index (χ1) is 22.9. The first-order valence-corrected chi connectivity index (χ1v) is 19.4. The van der Waals surface area contributed by atoms with Crippen LogP contribution >= 0.6 is 0 Å². The van der Waals surface area contributed by atoms with E-state index in [0.717, 1.165) is 51.4 Å². The molecule has 1 nitrogen and oxygen atoms in total. The predicted octanol–water partition coefficient (Wildman–Crippen LogP) is 14.2. The molecule has 0 N–H and O–H groups in total. The molecule has 0 radical (unpaired) electrons. The highest BCUT2D eigenvalue weighted by atomic mass is 19.2. The zero-order valence-electron chi connectivity index (χ0n) is 29.4. The molecule has 0 aliphatic heterocycles. The van der Waals surface area contributed by atoms with Crippen LogP contribution in [0.2, 0.25) is 0 Å². The largest absolute Gasteiger partial charge is 0.365 e. The van der Waals surface area contributed by atoms with Gasteiger partial charge in [-0.15, -0.1) is 0 Å². The third-order valence-corrected chi connectivity index (χ3v) is 11.4. The number of ether oxygens (including phenoxy) is 1. The standard InChI is InChI=1S/C42H62F4O/c1-3-5-7-9-11-13-15-31-17-21-33(22-18-31)41(35-25-27-37(43)39(45)29-35)47-42(36-26-28-38(44)40(46)30-36)34-23-19-32(20-24-34)16-14-12-10-8-6-4-2/h25-34,41-42H,3-24H2,1-2H3. The van der Waals surface area contributed by atoms with E-state index in [4.69, 9.17) is 4.74 Å². The SMILES string of the molecule is CCCCCCCCC1CCC(C(OC(c2ccc(F)c(F)c2)C2CCC(CCCCCCCC)CC2)c2ccc(F)c(F)c2)CC1. The van der Waals surface area contributed by atoms with Crippen molar-refractivity contribution in [2.24, 2.45) is 23.7 Å². The van der Waals surface area contributed by atoms with Crippen molar-refractivity contribution in [2.45, 2.75) is 167 Å². The van der Waals surface area contributed by atoms with Gasteiger partial charge in [-0.25, -0.2) is 17.6 Å². The Morgan fingerprint density at radius 2 is 0.851 bits per heavy atom. The highest BCUT2D eigenvalue weighted by molar-refractivity contribution is 5.24. The zero-order valence-corrected chi connectivity index (χ0v) is 29.4. The lowest BCUT2D eigenvalue weighted by molar-refractivity contribution is -0.0910. The van der Waals surface area contributed by atoms with E-state index in [9.17, 15) is 17.6 Å². The number of unbranched alkanes of at least 4 members (excludes halogenated alkanes) is 10. The summed E-state index contributed by atoms with van der Waals surface area (Å²) >= 11 is 0. The second-order valence-corrected chi connectivity index (χ2v) is 15.0. The van der Waals surface area contributed by atoms with Gasteiger partial charge in [0.2, 0.25) is 0 Å². The van der Waals surface area contributed by atoms with Gasteiger partial charge < -0.3 is 4.74 Å². The molecule has 4 rings (SSSR count). The molecule has 2 aliphatic carbocycles. The van der Waals surface area contributed by atoms with E-state index in [1.807, 2.05) is 0 Å². The minimum absolute atomic E-state index is 0.164. The highest BCUT2D eigenvalue weighted by Crippen LogP contribution is 2.47. The van der Waals surface area contributed by atoms with Crippen molar-refractivity contribution in [3.63, 3.8) is 0 Å². The van der Waals surface area contributed by atoms with Crippen LogP contribution in [0.3, 0.4) is 0 Å². The third-order valence-electron chi connectivity index (χ3n) is 11.4. The van der Waals surface area contributed by atoms with E-state index in [-0.39, 0.29) is 11.8 Å². The van der Waals surface area contributed by atoms with Gasteiger partial charge in [-0.2, -0.15) is 0 Å². The van der Waals surface area contributed by atoms with Crippen molar-refractivity contribution >= 4 is 0 Å². The number of rotatable bonds is 20. The fourth-order valence-electron chi connectivity index (χ4n) is 8.45. The Kier molecular flexibility index (Phi) is 16.6. The molecule has 2 aliphatic rings. The number of halogens is 4. The second-order valence-electron chi connectivity index (χ2n) is 15.0. The van der Waals surface area contributed by atoms with Gasteiger partial charge in [0.15, 0.2) is 23.3 Å². The normalized spacial score (nSPS) is 23.1. The molecule has 0 aromatic heterocycles. The van der Waals surface area contributed by atoms with Crippen LogP contribution in [-0.2, 0) is 4.74 Å². The Bertz CT molecular complexity index is 1060. The average molecular weight is 659 g/mol. The molecule has 0 amide bonds. The lowest BCUT2D eigenvalue weighted by Gasteiger charge is -2.40. The molecule has 0 bridgehead atoms. The maximum Gasteiger partial charge on any atom is 0.159 e. The lowest BCUT2D eigenvalue weighted by atomic mass is 9.74. The van der Waals surface area contributed by atoms with Crippen LogP contribution in [0.4, 0.5) is 17.6 Å². The second kappa shape index (κ2) is 20.6. The van der Waals surface area contributed by atoms with Gasteiger partial charge in [0.25, 0.3) is 0 Å². The van der Waals surface area contributed by atoms with E-state index in [1.165, 1.54) is 114 Å². The quantitative estimate of drug-likeness (QED) is 0.102. The number of benzene rings is 2. The predicted molar refractivity (Wildman–Crippen MR) is 186 cm³/mol. The number of hydrogen-bond donors (Lipinski definition) is 0. The van der Waals surface area contributed by atoms with Crippen LogP contribution in [0, 0.1) is 46.9 Å². The van der Waals surface area contributed by atoms with Gasteiger partial charge in [0.1, 0.15) is 0 Å². The van der Waals surface area contributed by atoms with E-state index in [1.54, 1.807) is 12.1 Å². The van der Waals surface area contributed by atoms with Crippen LogP contribution in [0.5, 0.6) is 0 Å². The Morgan fingerprint density at radius 3 is 1.21 bits per heavy atom. The van der Waals surface area contributed by atoms with Crippen molar-refractivity contribution in [2.75, 3.05) is 0 Å². The summed E-state index contributed by atoms with van der Waals surface area (Å²) in [5, 5.41) is 0. The number of hydrogen-bond acceptors (Lipinski definition) is 1. The highest BCUT2D eigenvalue weighted by Gasteiger charge is 2.36. The lowest BCUT2D eigenvalue weighted by Crippen LogP contribution is -2.28. The maximum absolute atomic E-state index is 14.6. The van der Waals surface area contributed by atoms with Crippen LogP contribution in [0.15, 0.2) is 36.4 Å². The zero-order chi connectivity index (χ0) is 33.4. The minimum atomic E-state index is -0.868. The minimum Gasteiger partial charge on any atom is -0.365 e. The van der Waals surface area contributed by atoms with Crippen molar-refractivity contribution < 1.29 is 22.3 Å². The molecule has 47 heavy (non-hydrogen) atoms. The van der Waals surface area contributed by atoms with Gasteiger partial charge in [-0.3, -0.25) is 0 Å². The molecule has 2 unspecified atom stereocenters. The van der Waals surface area contributed by atoms with E-state index in [2.05, 4.69) is 13.8 Å². The maximum atomic E-state index is 14.6. The van der Waals surface area contributed by atoms with Crippen molar-refractivity contribution in [1.29, 1.82) is 0 Å². The average Bonchev–Trinajstić information content (AvgIpc) is 3.08. The van der Waals surface area contributed by atoms with Crippen LogP contribution < -0.4 is 0 Å². The van der Waals surface area contributed by atoms with E-state index >= 15 is 0 Å². The fraction of sp³-hybridized carbons (Fsp3) is 0.714. The molecular formula is C42H62F4O. The fourth-order valence-corrected chi connectivity index (χ4v) is 8.45.